The van der Waals surface area contributed by atoms with Crippen molar-refractivity contribution in [3.8, 4) is 0 Å². The summed E-state index contributed by atoms with van der Waals surface area (Å²) in [5.41, 5.74) is 1.22. The molecule has 0 saturated heterocycles. The van der Waals surface area contributed by atoms with Crippen LogP contribution in [0.25, 0.3) is 0 Å². The molecule has 0 radical (unpaired) electrons. The molecule has 2 heterocycles. The number of furan rings is 1. The minimum absolute atomic E-state index is 0.155. The van der Waals surface area contributed by atoms with E-state index < -0.39 is 0 Å². The lowest BCUT2D eigenvalue weighted by Gasteiger charge is -2.08. The second-order valence-electron chi connectivity index (χ2n) is 3.43. The number of aryl methyl sites for hydroxylation is 1. The zero-order chi connectivity index (χ0) is 12.3. The van der Waals surface area contributed by atoms with E-state index in [4.69, 9.17) is 16.0 Å². The number of aromatic nitrogens is 2. The lowest BCUT2D eigenvalue weighted by atomic mass is 10.3. The van der Waals surface area contributed by atoms with Crippen LogP contribution in [-0.2, 0) is 6.54 Å². The Morgan fingerprint density at radius 2 is 2.35 bits per heavy atom. The van der Waals surface area contributed by atoms with Gasteiger partial charge in [-0.25, -0.2) is 9.97 Å². The molecule has 6 heteroatoms. The highest BCUT2D eigenvalue weighted by atomic mass is 35.5. The van der Waals surface area contributed by atoms with Crippen LogP contribution in [0.4, 0.5) is 5.82 Å². The van der Waals surface area contributed by atoms with E-state index in [0.29, 0.717) is 24.5 Å². The summed E-state index contributed by atoms with van der Waals surface area (Å²) in [7, 11) is 0. The molecule has 0 aliphatic heterocycles. The summed E-state index contributed by atoms with van der Waals surface area (Å²) in [6.45, 7) is 2.22. The predicted molar refractivity (Wildman–Crippen MR) is 63.2 cm³/mol. The highest BCUT2D eigenvalue weighted by Gasteiger charge is 2.10. The maximum absolute atomic E-state index is 10.9. The Bertz CT molecular complexity index is 526. The molecule has 88 valence electrons. The number of anilines is 1. The number of aldehydes is 1. The zero-order valence-electron chi connectivity index (χ0n) is 9.11. The molecule has 17 heavy (non-hydrogen) atoms. The van der Waals surface area contributed by atoms with Gasteiger partial charge in [0.2, 0.25) is 0 Å². The predicted octanol–water partition coefficient (Wildman–Crippen LogP) is 2.46. The van der Waals surface area contributed by atoms with Gasteiger partial charge >= 0.3 is 0 Å². The van der Waals surface area contributed by atoms with Gasteiger partial charge in [-0.1, -0.05) is 11.6 Å². The molecule has 1 N–H and O–H groups in total. The standard InChI is InChI=1S/C11H10ClN3O2/c1-7-14-10(12)9(5-16)11(15-7)13-4-8-2-3-17-6-8/h2-3,5-6H,4H2,1H3,(H,13,14,15). The fourth-order valence-corrected chi connectivity index (χ4v) is 1.62. The van der Waals surface area contributed by atoms with Gasteiger partial charge in [-0.15, -0.1) is 0 Å². The molecule has 2 aromatic heterocycles. The molecule has 0 aromatic carbocycles. The molecule has 0 fully saturated rings. The number of carbonyl (C=O) groups is 1. The van der Waals surface area contributed by atoms with Gasteiger partial charge in [0.05, 0.1) is 18.1 Å². The van der Waals surface area contributed by atoms with Gasteiger partial charge < -0.3 is 9.73 Å². The van der Waals surface area contributed by atoms with Crippen molar-refractivity contribution >= 4 is 23.7 Å². The first kappa shape index (κ1) is 11.6. The van der Waals surface area contributed by atoms with E-state index in [1.807, 2.05) is 6.07 Å². The van der Waals surface area contributed by atoms with Crippen molar-refractivity contribution in [3.63, 3.8) is 0 Å². The van der Waals surface area contributed by atoms with Crippen LogP contribution in [-0.4, -0.2) is 16.3 Å². The molecule has 2 rings (SSSR count). The molecule has 0 bridgehead atoms. The molecule has 0 unspecified atom stereocenters. The third-order valence-electron chi connectivity index (χ3n) is 2.17. The lowest BCUT2D eigenvalue weighted by molar-refractivity contribution is 0.112. The summed E-state index contributed by atoms with van der Waals surface area (Å²) in [5.74, 6) is 0.939. The minimum Gasteiger partial charge on any atom is -0.472 e. The van der Waals surface area contributed by atoms with Crippen molar-refractivity contribution in [2.45, 2.75) is 13.5 Å². The average Bonchev–Trinajstić information content (AvgIpc) is 2.78. The van der Waals surface area contributed by atoms with E-state index in [0.717, 1.165) is 5.56 Å². The number of nitrogens with one attached hydrogen (secondary N) is 1. The quantitative estimate of drug-likeness (QED) is 0.668. The van der Waals surface area contributed by atoms with E-state index >= 15 is 0 Å². The summed E-state index contributed by atoms with van der Waals surface area (Å²) >= 11 is 5.85. The first-order valence-electron chi connectivity index (χ1n) is 4.95. The van der Waals surface area contributed by atoms with Crippen LogP contribution in [0.2, 0.25) is 5.15 Å². The van der Waals surface area contributed by atoms with Gasteiger partial charge in [-0.3, -0.25) is 4.79 Å². The number of hydrogen-bond donors (Lipinski definition) is 1. The van der Waals surface area contributed by atoms with Crippen LogP contribution in [0.15, 0.2) is 23.0 Å². The van der Waals surface area contributed by atoms with E-state index in [-0.39, 0.29) is 10.7 Å². The molecular weight excluding hydrogens is 242 g/mol. The fourth-order valence-electron chi connectivity index (χ4n) is 1.37. The van der Waals surface area contributed by atoms with Crippen LogP contribution < -0.4 is 5.32 Å². The van der Waals surface area contributed by atoms with Crippen LogP contribution in [0.3, 0.4) is 0 Å². The molecule has 0 aliphatic carbocycles. The van der Waals surface area contributed by atoms with Crippen molar-refractivity contribution in [3.05, 3.63) is 40.7 Å². The second kappa shape index (κ2) is 4.97. The Morgan fingerprint density at radius 3 is 3.00 bits per heavy atom. The zero-order valence-corrected chi connectivity index (χ0v) is 9.86. The first-order chi connectivity index (χ1) is 8.20. The fraction of sp³-hybridized carbons (Fsp3) is 0.182. The first-order valence-corrected chi connectivity index (χ1v) is 5.32. The normalized spacial score (nSPS) is 10.2. The SMILES string of the molecule is Cc1nc(Cl)c(C=O)c(NCc2ccoc2)n1. The number of halogens is 1. The van der Waals surface area contributed by atoms with Crippen molar-refractivity contribution < 1.29 is 9.21 Å². The monoisotopic (exact) mass is 251 g/mol. The Hall–Kier alpha value is -1.88. The molecule has 0 atom stereocenters. The average molecular weight is 252 g/mol. The Labute approximate surface area is 103 Å². The number of carbonyl (C=O) groups excluding carboxylic acids is 1. The molecule has 2 aromatic rings. The van der Waals surface area contributed by atoms with Crippen LogP contribution in [0.1, 0.15) is 21.7 Å². The topological polar surface area (TPSA) is 68.0 Å². The molecule has 0 saturated carbocycles. The van der Waals surface area contributed by atoms with Gasteiger partial charge in [0.15, 0.2) is 6.29 Å². The van der Waals surface area contributed by atoms with E-state index in [9.17, 15) is 4.79 Å². The smallest absolute Gasteiger partial charge is 0.156 e. The van der Waals surface area contributed by atoms with Crippen LogP contribution in [0, 0.1) is 6.92 Å². The molecule has 0 amide bonds. The third kappa shape index (κ3) is 2.62. The van der Waals surface area contributed by atoms with Gasteiger partial charge in [0.1, 0.15) is 16.8 Å². The molecule has 0 aliphatic rings. The Morgan fingerprint density at radius 1 is 1.53 bits per heavy atom. The van der Waals surface area contributed by atoms with Crippen molar-refractivity contribution in [1.29, 1.82) is 0 Å². The molecule has 5 nitrogen and oxygen atoms in total. The summed E-state index contributed by atoms with van der Waals surface area (Å²) in [6.07, 6.45) is 3.83. The van der Waals surface area contributed by atoms with Crippen molar-refractivity contribution in [2.75, 3.05) is 5.32 Å². The third-order valence-corrected chi connectivity index (χ3v) is 2.46. The largest absolute Gasteiger partial charge is 0.472 e. The Kier molecular flexibility index (Phi) is 3.39. The highest BCUT2D eigenvalue weighted by molar-refractivity contribution is 6.32. The summed E-state index contributed by atoms with van der Waals surface area (Å²) < 4.78 is 4.94. The van der Waals surface area contributed by atoms with Crippen molar-refractivity contribution in [1.82, 2.24) is 9.97 Å². The number of hydrogen-bond acceptors (Lipinski definition) is 5. The number of rotatable bonds is 4. The van der Waals surface area contributed by atoms with Crippen LogP contribution >= 0.6 is 11.6 Å². The summed E-state index contributed by atoms with van der Waals surface area (Å²) in [4.78, 5) is 18.9. The highest BCUT2D eigenvalue weighted by Crippen LogP contribution is 2.19. The van der Waals surface area contributed by atoms with E-state index in [2.05, 4.69) is 15.3 Å². The van der Waals surface area contributed by atoms with Crippen LogP contribution in [0.5, 0.6) is 0 Å². The van der Waals surface area contributed by atoms with E-state index in [1.54, 1.807) is 19.5 Å². The Balaban J connectivity index is 2.22. The maximum Gasteiger partial charge on any atom is 0.156 e. The summed E-state index contributed by atoms with van der Waals surface area (Å²) in [6, 6.07) is 1.82. The second-order valence-corrected chi connectivity index (χ2v) is 3.78. The lowest BCUT2D eigenvalue weighted by Crippen LogP contribution is -2.06. The van der Waals surface area contributed by atoms with Gasteiger partial charge in [-0.05, 0) is 13.0 Å². The molecule has 0 spiro atoms. The summed E-state index contributed by atoms with van der Waals surface area (Å²) in [5, 5.41) is 3.18. The van der Waals surface area contributed by atoms with E-state index in [1.165, 1.54) is 0 Å². The van der Waals surface area contributed by atoms with Gasteiger partial charge in [0, 0.05) is 12.1 Å². The number of nitrogens with zero attached hydrogens (tertiary/aromatic N) is 2. The maximum atomic E-state index is 10.9. The molecular formula is C11H10ClN3O2. The van der Waals surface area contributed by atoms with Gasteiger partial charge in [0.25, 0.3) is 0 Å². The van der Waals surface area contributed by atoms with Gasteiger partial charge in [-0.2, -0.15) is 0 Å². The van der Waals surface area contributed by atoms with Crippen molar-refractivity contribution in [2.24, 2.45) is 0 Å². The minimum atomic E-state index is 0.155.